The van der Waals surface area contributed by atoms with Gasteiger partial charge in [0.25, 0.3) is 5.69 Å². The van der Waals surface area contributed by atoms with E-state index in [0.717, 1.165) is 0 Å². The molecule has 1 atom stereocenters. The smallest absolute Gasteiger partial charge is 0.336 e. The van der Waals surface area contributed by atoms with Crippen molar-refractivity contribution in [3.8, 4) is 5.75 Å². The summed E-state index contributed by atoms with van der Waals surface area (Å²) < 4.78 is 10.8. The first-order valence-corrected chi connectivity index (χ1v) is 9.06. The Morgan fingerprint density at radius 3 is 2.55 bits per heavy atom. The second-order valence-corrected chi connectivity index (χ2v) is 6.46. The third-order valence-electron chi connectivity index (χ3n) is 4.53. The number of esters is 1. The fourth-order valence-electron chi connectivity index (χ4n) is 3.27. The molecule has 0 fully saturated rings. The van der Waals surface area contributed by atoms with E-state index in [1.54, 1.807) is 37.3 Å². The maximum absolute atomic E-state index is 12.7. The Morgan fingerprint density at radius 1 is 1.14 bits per heavy atom. The molecule has 0 bridgehead atoms. The van der Waals surface area contributed by atoms with Crippen LogP contribution in [0.25, 0.3) is 0 Å². The van der Waals surface area contributed by atoms with Crippen LogP contribution >= 0.6 is 0 Å². The second-order valence-electron chi connectivity index (χ2n) is 6.46. The van der Waals surface area contributed by atoms with E-state index in [0.29, 0.717) is 17.0 Å². The third-order valence-corrected chi connectivity index (χ3v) is 4.53. The highest BCUT2D eigenvalue weighted by molar-refractivity contribution is 5.96. The number of nitrogens with zero attached hydrogens (tertiary/aromatic N) is 1. The quantitative estimate of drug-likeness (QED) is 0.333. The summed E-state index contributed by atoms with van der Waals surface area (Å²) >= 11 is 0. The molecule has 8 heteroatoms. The molecule has 1 amide bonds. The van der Waals surface area contributed by atoms with Gasteiger partial charge in [0.05, 0.1) is 10.5 Å². The van der Waals surface area contributed by atoms with Crippen LogP contribution in [0.3, 0.4) is 0 Å². The molecule has 0 saturated heterocycles. The first kappa shape index (κ1) is 20.1. The van der Waals surface area contributed by atoms with E-state index in [4.69, 9.17) is 9.47 Å². The maximum atomic E-state index is 12.7. The van der Waals surface area contributed by atoms with Gasteiger partial charge in [-0.15, -0.1) is 0 Å². The predicted molar refractivity (Wildman–Crippen MR) is 104 cm³/mol. The van der Waals surface area contributed by atoms with Crippen LogP contribution in [0.5, 0.6) is 5.75 Å². The number of ether oxygens (including phenoxy) is 2. The number of allylic oxidation sites excluding steroid dienone is 1. The Labute approximate surface area is 167 Å². The first-order chi connectivity index (χ1) is 14.0. The van der Waals surface area contributed by atoms with Crippen LogP contribution < -0.4 is 10.1 Å². The van der Waals surface area contributed by atoms with Crippen LogP contribution in [0.1, 0.15) is 24.8 Å². The number of amides is 1. The summed E-state index contributed by atoms with van der Waals surface area (Å²) in [6, 6.07) is 15.2. The minimum atomic E-state index is -0.757. The molecule has 1 aliphatic heterocycles. The van der Waals surface area contributed by atoms with Crippen molar-refractivity contribution < 1.29 is 24.0 Å². The fraction of sp³-hybridized carbons (Fsp3) is 0.238. The average Bonchev–Trinajstić information content (AvgIpc) is 2.71. The molecule has 150 valence electrons. The van der Waals surface area contributed by atoms with Gasteiger partial charge in [0.15, 0.2) is 0 Å². The van der Waals surface area contributed by atoms with Gasteiger partial charge in [-0.3, -0.25) is 14.9 Å². The lowest BCUT2D eigenvalue weighted by Gasteiger charge is -2.26. The Kier molecular flexibility index (Phi) is 6.23. The van der Waals surface area contributed by atoms with E-state index >= 15 is 0 Å². The molecule has 8 nitrogen and oxygen atoms in total. The van der Waals surface area contributed by atoms with E-state index < -0.39 is 16.8 Å². The SMILES string of the molecule is CC1=C(C(=O)OCCOc2ccccc2)[C@@H](c2ccccc2[N+](=O)[O-])CC(=O)N1. The number of nitrogens with one attached hydrogen (secondary N) is 1. The molecule has 29 heavy (non-hydrogen) atoms. The Hall–Kier alpha value is -3.68. The van der Waals surface area contributed by atoms with Crippen molar-refractivity contribution in [2.75, 3.05) is 13.2 Å². The highest BCUT2D eigenvalue weighted by Crippen LogP contribution is 2.37. The first-order valence-electron chi connectivity index (χ1n) is 9.06. The molecule has 2 aromatic rings. The van der Waals surface area contributed by atoms with Crippen molar-refractivity contribution in [1.29, 1.82) is 0 Å². The van der Waals surface area contributed by atoms with E-state index in [1.165, 1.54) is 6.07 Å². The molecule has 3 rings (SSSR count). The Morgan fingerprint density at radius 2 is 1.83 bits per heavy atom. The molecular weight excluding hydrogens is 376 g/mol. The van der Waals surface area contributed by atoms with Crippen molar-refractivity contribution in [2.24, 2.45) is 0 Å². The third kappa shape index (κ3) is 4.78. The summed E-state index contributed by atoms with van der Waals surface area (Å²) in [4.78, 5) is 35.7. The van der Waals surface area contributed by atoms with Gasteiger partial charge >= 0.3 is 5.97 Å². The van der Waals surface area contributed by atoms with E-state index in [2.05, 4.69) is 5.32 Å². The number of nitro benzene ring substituents is 1. The monoisotopic (exact) mass is 396 g/mol. The van der Waals surface area contributed by atoms with Crippen molar-refractivity contribution in [1.82, 2.24) is 5.32 Å². The minimum Gasteiger partial charge on any atom is -0.490 e. The molecule has 0 unspecified atom stereocenters. The predicted octanol–water partition coefficient (Wildman–Crippen LogP) is 3.09. The number of carbonyl (C=O) groups is 2. The summed E-state index contributed by atoms with van der Waals surface area (Å²) in [6.07, 6.45) is -0.0762. The molecule has 0 aliphatic carbocycles. The number of rotatable bonds is 7. The minimum absolute atomic E-state index is 0.00204. The Bertz CT molecular complexity index is 955. The molecular formula is C21H20N2O6. The van der Waals surface area contributed by atoms with Crippen molar-refractivity contribution in [2.45, 2.75) is 19.3 Å². The van der Waals surface area contributed by atoms with Crippen LogP contribution in [0.2, 0.25) is 0 Å². The number of carbonyl (C=O) groups excluding carboxylic acids is 2. The molecule has 1 aliphatic rings. The van der Waals surface area contributed by atoms with Gasteiger partial charge in [0.1, 0.15) is 19.0 Å². The van der Waals surface area contributed by atoms with Crippen molar-refractivity contribution >= 4 is 17.6 Å². The lowest BCUT2D eigenvalue weighted by molar-refractivity contribution is -0.385. The topological polar surface area (TPSA) is 108 Å². The van der Waals surface area contributed by atoms with Gasteiger partial charge in [-0.2, -0.15) is 0 Å². The molecule has 2 aromatic carbocycles. The van der Waals surface area contributed by atoms with Crippen LogP contribution in [0, 0.1) is 10.1 Å². The standard InChI is InChI=1S/C21H20N2O6/c1-14-20(21(25)29-12-11-28-15-7-3-2-4-8-15)17(13-19(24)22-14)16-9-5-6-10-18(16)23(26)27/h2-10,17H,11-13H2,1H3,(H,22,24)/t17-/m1/s1. The zero-order valence-corrected chi connectivity index (χ0v) is 15.8. The molecule has 0 spiro atoms. The summed E-state index contributed by atoms with van der Waals surface area (Å²) in [5.74, 6) is -1.05. The van der Waals surface area contributed by atoms with Crippen LogP contribution in [0.15, 0.2) is 65.9 Å². The number of hydrogen-bond acceptors (Lipinski definition) is 6. The zero-order valence-electron chi connectivity index (χ0n) is 15.8. The summed E-state index contributed by atoms with van der Waals surface area (Å²) in [5, 5.41) is 14.0. The van der Waals surface area contributed by atoms with E-state index in [1.807, 2.05) is 18.2 Å². The molecule has 0 aromatic heterocycles. The van der Waals surface area contributed by atoms with Crippen LogP contribution in [-0.2, 0) is 14.3 Å². The normalized spacial score (nSPS) is 16.2. The largest absolute Gasteiger partial charge is 0.490 e. The number of benzene rings is 2. The summed E-state index contributed by atoms with van der Waals surface area (Å²) in [7, 11) is 0. The summed E-state index contributed by atoms with van der Waals surface area (Å²) in [6.45, 7) is 1.74. The molecule has 0 radical (unpaired) electrons. The number of para-hydroxylation sites is 2. The van der Waals surface area contributed by atoms with Crippen molar-refractivity contribution in [3.63, 3.8) is 0 Å². The average molecular weight is 396 g/mol. The van der Waals surface area contributed by atoms with Gasteiger partial charge in [0, 0.05) is 29.7 Å². The number of nitro groups is 1. The number of hydrogen-bond donors (Lipinski definition) is 1. The lowest BCUT2D eigenvalue weighted by atomic mass is 9.83. The Balaban J connectivity index is 1.76. The zero-order chi connectivity index (χ0) is 20.8. The molecule has 1 N–H and O–H groups in total. The molecule has 0 saturated carbocycles. The molecule has 1 heterocycles. The van der Waals surface area contributed by atoms with Crippen LogP contribution in [-0.4, -0.2) is 30.0 Å². The van der Waals surface area contributed by atoms with Crippen molar-refractivity contribution in [3.05, 3.63) is 81.5 Å². The van der Waals surface area contributed by atoms with Gasteiger partial charge < -0.3 is 14.8 Å². The fourth-order valence-corrected chi connectivity index (χ4v) is 3.27. The van der Waals surface area contributed by atoms with E-state index in [9.17, 15) is 19.7 Å². The maximum Gasteiger partial charge on any atom is 0.336 e. The lowest BCUT2D eigenvalue weighted by Crippen LogP contribution is -2.34. The highest BCUT2D eigenvalue weighted by Gasteiger charge is 2.36. The van der Waals surface area contributed by atoms with Gasteiger partial charge in [-0.25, -0.2) is 4.79 Å². The van der Waals surface area contributed by atoms with E-state index in [-0.39, 0.29) is 36.8 Å². The summed E-state index contributed by atoms with van der Waals surface area (Å²) in [5.41, 5.74) is 0.703. The van der Waals surface area contributed by atoms with Gasteiger partial charge in [-0.05, 0) is 19.1 Å². The van der Waals surface area contributed by atoms with Crippen LogP contribution in [0.4, 0.5) is 5.69 Å². The highest BCUT2D eigenvalue weighted by atomic mass is 16.6. The van der Waals surface area contributed by atoms with Gasteiger partial charge in [0.2, 0.25) is 5.91 Å². The van der Waals surface area contributed by atoms with Gasteiger partial charge in [-0.1, -0.05) is 36.4 Å². The second kappa shape index (κ2) is 9.01.